The Balaban J connectivity index is 2.03. The Kier molecular flexibility index (Phi) is 5.41. The molecule has 1 saturated heterocycles. The molecule has 1 aromatic rings. The average molecular weight is 344 g/mol. The summed E-state index contributed by atoms with van der Waals surface area (Å²) in [6.45, 7) is 6.60. The Hall–Kier alpha value is -1.48. The lowest BCUT2D eigenvalue weighted by Crippen LogP contribution is -2.49. The second kappa shape index (κ2) is 6.96. The van der Waals surface area contributed by atoms with Gasteiger partial charge in [-0.3, -0.25) is 4.79 Å². The summed E-state index contributed by atoms with van der Waals surface area (Å²) >= 11 is 0. The first-order valence-corrected chi connectivity index (χ1v) is 9.66. The Morgan fingerprint density at radius 3 is 2.65 bits per heavy atom. The van der Waals surface area contributed by atoms with Crippen molar-refractivity contribution in [3.05, 3.63) is 11.7 Å². The van der Waals surface area contributed by atoms with Crippen molar-refractivity contribution in [1.82, 2.24) is 19.8 Å². The second-order valence-corrected chi connectivity index (χ2v) is 8.16. The van der Waals surface area contributed by atoms with Crippen molar-refractivity contribution >= 4 is 15.9 Å². The topological polar surface area (TPSA) is 105 Å². The minimum absolute atomic E-state index is 0.0226. The van der Waals surface area contributed by atoms with Gasteiger partial charge in [0.05, 0.1) is 12.3 Å². The molecular weight excluding hydrogens is 320 g/mol. The fourth-order valence-corrected chi connectivity index (χ4v) is 3.42. The van der Waals surface area contributed by atoms with Gasteiger partial charge in [0.1, 0.15) is 0 Å². The van der Waals surface area contributed by atoms with E-state index in [9.17, 15) is 13.2 Å². The van der Waals surface area contributed by atoms with Crippen LogP contribution in [0.15, 0.2) is 4.52 Å². The molecule has 0 unspecified atom stereocenters. The number of rotatable bonds is 5. The van der Waals surface area contributed by atoms with Crippen LogP contribution < -0.4 is 4.72 Å². The van der Waals surface area contributed by atoms with Gasteiger partial charge >= 0.3 is 0 Å². The maximum atomic E-state index is 12.4. The highest BCUT2D eigenvalue weighted by molar-refractivity contribution is 7.88. The highest BCUT2D eigenvalue weighted by atomic mass is 32.2. The van der Waals surface area contributed by atoms with Crippen molar-refractivity contribution in [3.63, 3.8) is 0 Å². The minimum atomic E-state index is -3.42. The van der Waals surface area contributed by atoms with E-state index in [-0.39, 0.29) is 17.7 Å². The molecule has 0 bridgehead atoms. The molecule has 0 aromatic carbocycles. The third kappa shape index (κ3) is 4.74. The standard InChI is InChI=1S/C14H24N4O4S/c1-9(2)13-15-12(16-22-13)11-6-5-7-18(8-11)14(19)10(3)17-23(4,20)21/h9-11,17H,5-8H2,1-4H3/t10-,11-/m0/s1. The molecule has 1 N–H and O–H groups in total. The van der Waals surface area contributed by atoms with E-state index in [2.05, 4.69) is 14.9 Å². The summed E-state index contributed by atoms with van der Waals surface area (Å²) in [5.41, 5.74) is 0. The third-order valence-corrected chi connectivity index (χ3v) is 4.59. The van der Waals surface area contributed by atoms with Crippen LogP contribution in [0.25, 0.3) is 0 Å². The first-order valence-electron chi connectivity index (χ1n) is 7.77. The largest absolute Gasteiger partial charge is 0.341 e. The number of amides is 1. The predicted octanol–water partition coefficient (Wildman–Crippen LogP) is 0.837. The molecule has 2 heterocycles. The SMILES string of the molecule is CC(C)c1nc([C@H]2CCCN(C(=O)[C@H](C)NS(C)(=O)=O)C2)no1. The Morgan fingerprint density at radius 1 is 1.39 bits per heavy atom. The van der Waals surface area contributed by atoms with Crippen molar-refractivity contribution in [1.29, 1.82) is 0 Å². The molecule has 1 fully saturated rings. The van der Waals surface area contributed by atoms with Crippen LogP contribution in [-0.4, -0.2) is 54.8 Å². The number of carbonyl (C=O) groups is 1. The number of nitrogens with zero attached hydrogens (tertiary/aromatic N) is 3. The molecule has 0 aliphatic carbocycles. The van der Waals surface area contributed by atoms with Gasteiger partial charge in [-0.2, -0.15) is 4.98 Å². The molecule has 1 aromatic heterocycles. The van der Waals surface area contributed by atoms with E-state index in [1.165, 1.54) is 0 Å². The summed E-state index contributed by atoms with van der Waals surface area (Å²) in [6.07, 6.45) is 2.75. The van der Waals surface area contributed by atoms with Gasteiger partial charge in [0, 0.05) is 24.9 Å². The van der Waals surface area contributed by atoms with Crippen LogP contribution in [0.3, 0.4) is 0 Å². The van der Waals surface area contributed by atoms with Crippen LogP contribution in [0, 0.1) is 0 Å². The lowest BCUT2D eigenvalue weighted by molar-refractivity contribution is -0.133. The quantitative estimate of drug-likeness (QED) is 0.848. The number of hydrogen-bond donors (Lipinski definition) is 1. The number of likely N-dealkylation sites (tertiary alicyclic amines) is 1. The number of sulfonamides is 1. The van der Waals surface area contributed by atoms with Crippen molar-refractivity contribution < 1.29 is 17.7 Å². The summed E-state index contributed by atoms with van der Waals surface area (Å²) in [5, 5.41) is 4.02. The smallest absolute Gasteiger partial charge is 0.240 e. The van der Waals surface area contributed by atoms with E-state index < -0.39 is 16.1 Å². The minimum Gasteiger partial charge on any atom is -0.341 e. The fourth-order valence-electron chi connectivity index (χ4n) is 2.68. The van der Waals surface area contributed by atoms with E-state index in [0.29, 0.717) is 24.8 Å². The molecule has 0 spiro atoms. The zero-order chi connectivity index (χ0) is 17.2. The van der Waals surface area contributed by atoms with Crippen LogP contribution >= 0.6 is 0 Å². The van der Waals surface area contributed by atoms with Crippen molar-refractivity contribution in [2.75, 3.05) is 19.3 Å². The Morgan fingerprint density at radius 2 is 2.09 bits per heavy atom. The molecule has 1 aliphatic heterocycles. The Bertz CT molecular complexity index is 655. The average Bonchev–Trinajstić information content (AvgIpc) is 2.95. The van der Waals surface area contributed by atoms with Gasteiger partial charge in [-0.1, -0.05) is 19.0 Å². The van der Waals surface area contributed by atoms with Crippen LogP contribution in [-0.2, 0) is 14.8 Å². The number of hydrogen-bond acceptors (Lipinski definition) is 6. The summed E-state index contributed by atoms with van der Waals surface area (Å²) in [4.78, 5) is 18.5. The van der Waals surface area contributed by atoms with Crippen molar-refractivity contribution in [2.24, 2.45) is 0 Å². The molecule has 130 valence electrons. The first kappa shape index (κ1) is 17.9. The van der Waals surface area contributed by atoms with Crippen LogP contribution in [0.5, 0.6) is 0 Å². The van der Waals surface area contributed by atoms with E-state index in [4.69, 9.17) is 4.52 Å². The lowest BCUT2D eigenvalue weighted by Gasteiger charge is -2.33. The number of aromatic nitrogens is 2. The van der Waals surface area contributed by atoms with E-state index in [0.717, 1.165) is 19.1 Å². The zero-order valence-electron chi connectivity index (χ0n) is 13.9. The number of carbonyl (C=O) groups excluding carboxylic acids is 1. The maximum absolute atomic E-state index is 12.4. The van der Waals surface area contributed by atoms with Gasteiger partial charge in [0.15, 0.2) is 5.82 Å². The van der Waals surface area contributed by atoms with Gasteiger partial charge in [0.2, 0.25) is 21.8 Å². The fraction of sp³-hybridized carbons (Fsp3) is 0.786. The molecule has 9 heteroatoms. The van der Waals surface area contributed by atoms with E-state index >= 15 is 0 Å². The lowest BCUT2D eigenvalue weighted by atomic mass is 9.97. The van der Waals surface area contributed by atoms with Gasteiger partial charge in [-0.25, -0.2) is 13.1 Å². The molecule has 1 aliphatic rings. The van der Waals surface area contributed by atoms with Gasteiger partial charge in [-0.15, -0.1) is 0 Å². The van der Waals surface area contributed by atoms with Gasteiger partial charge < -0.3 is 9.42 Å². The van der Waals surface area contributed by atoms with Crippen LogP contribution in [0.1, 0.15) is 57.2 Å². The predicted molar refractivity (Wildman–Crippen MR) is 84.4 cm³/mol. The molecule has 2 rings (SSSR count). The Labute approximate surface area is 136 Å². The summed E-state index contributed by atoms with van der Waals surface area (Å²) in [6, 6.07) is -0.778. The van der Waals surface area contributed by atoms with E-state index in [1.807, 2.05) is 13.8 Å². The molecule has 0 saturated carbocycles. The van der Waals surface area contributed by atoms with Gasteiger partial charge in [0.25, 0.3) is 0 Å². The van der Waals surface area contributed by atoms with Crippen LogP contribution in [0.2, 0.25) is 0 Å². The maximum Gasteiger partial charge on any atom is 0.240 e. The van der Waals surface area contributed by atoms with Crippen molar-refractivity contribution in [2.45, 2.75) is 51.5 Å². The van der Waals surface area contributed by atoms with E-state index in [1.54, 1.807) is 11.8 Å². The number of nitrogens with one attached hydrogen (secondary N) is 1. The molecule has 2 atom stereocenters. The normalized spacial score (nSPS) is 20.7. The van der Waals surface area contributed by atoms with Gasteiger partial charge in [-0.05, 0) is 19.8 Å². The molecule has 23 heavy (non-hydrogen) atoms. The number of piperidine rings is 1. The third-order valence-electron chi connectivity index (χ3n) is 3.81. The monoisotopic (exact) mass is 344 g/mol. The van der Waals surface area contributed by atoms with Crippen molar-refractivity contribution in [3.8, 4) is 0 Å². The van der Waals surface area contributed by atoms with Crippen LogP contribution in [0.4, 0.5) is 0 Å². The first-order chi connectivity index (χ1) is 10.7. The zero-order valence-corrected chi connectivity index (χ0v) is 14.8. The summed E-state index contributed by atoms with van der Waals surface area (Å²) < 4.78 is 30.1. The highest BCUT2D eigenvalue weighted by Gasteiger charge is 2.31. The second-order valence-electron chi connectivity index (χ2n) is 6.38. The molecule has 0 radical (unpaired) electrons. The highest BCUT2D eigenvalue weighted by Crippen LogP contribution is 2.26. The summed E-state index contributed by atoms with van der Waals surface area (Å²) in [5.74, 6) is 1.17. The molecule has 8 nitrogen and oxygen atoms in total. The summed E-state index contributed by atoms with van der Waals surface area (Å²) in [7, 11) is -3.42. The molecular formula is C14H24N4O4S. The molecule has 1 amide bonds.